The summed E-state index contributed by atoms with van der Waals surface area (Å²) in [6.45, 7) is 0. The minimum Gasteiger partial charge on any atom is -0.507 e. The van der Waals surface area contributed by atoms with Gasteiger partial charge in [-0.25, -0.2) is 13.8 Å². The van der Waals surface area contributed by atoms with Crippen molar-refractivity contribution < 1.29 is 18.3 Å². The van der Waals surface area contributed by atoms with Gasteiger partial charge in [0.2, 0.25) is 0 Å². The number of anilines is 1. The Kier molecular flexibility index (Phi) is 6.16. The first-order valence-electron chi connectivity index (χ1n) is 8.35. The molecule has 1 amide bonds. The van der Waals surface area contributed by atoms with Gasteiger partial charge in [0.25, 0.3) is 15.9 Å². The average Bonchev–Trinajstić information content (AvgIpc) is 2.71. The molecule has 0 spiro atoms. The molecule has 0 aliphatic heterocycles. The fourth-order valence-corrected chi connectivity index (χ4v) is 3.62. The largest absolute Gasteiger partial charge is 0.507 e. The molecule has 0 saturated heterocycles. The molecule has 3 aromatic carbocycles. The van der Waals surface area contributed by atoms with Crippen LogP contribution in [0.2, 0.25) is 5.02 Å². The molecule has 29 heavy (non-hydrogen) atoms. The molecule has 0 bridgehead atoms. The Hall–Kier alpha value is -3.36. The summed E-state index contributed by atoms with van der Waals surface area (Å²) in [5.41, 5.74) is 3.27. The van der Waals surface area contributed by atoms with Crippen molar-refractivity contribution in [1.29, 1.82) is 0 Å². The van der Waals surface area contributed by atoms with Crippen LogP contribution in [0.25, 0.3) is 0 Å². The number of hydrogen-bond donors (Lipinski definition) is 3. The van der Waals surface area contributed by atoms with Gasteiger partial charge >= 0.3 is 0 Å². The summed E-state index contributed by atoms with van der Waals surface area (Å²) in [7, 11) is -3.71. The zero-order valence-electron chi connectivity index (χ0n) is 14.9. The maximum atomic E-state index is 12.3. The normalized spacial score (nSPS) is 11.3. The number of phenols is 1. The minimum atomic E-state index is -3.71. The molecule has 3 rings (SSSR count). The van der Waals surface area contributed by atoms with Crippen LogP contribution in [0.15, 0.2) is 82.8 Å². The molecule has 7 nitrogen and oxygen atoms in total. The molecular weight excluding hydrogens is 414 g/mol. The Bertz CT molecular complexity index is 1150. The van der Waals surface area contributed by atoms with Crippen LogP contribution in [0, 0.1) is 0 Å². The fraction of sp³-hybridized carbons (Fsp3) is 0. The molecule has 0 heterocycles. The van der Waals surface area contributed by atoms with Gasteiger partial charge in [-0.1, -0.05) is 29.8 Å². The summed E-state index contributed by atoms with van der Waals surface area (Å²) in [5.74, 6) is -0.525. The van der Waals surface area contributed by atoms with Gasteiger partial charge in [-0.05, 0) is 54.6 Å². The van der Waals surface area contributed by atoms with E-state index in [4.69, 9.17) is 11.6 Å². The molecule has 0 atom stereocenters. The number of sulfonamides is 1. The van der Waals surface area contributed by atoms with Crippen LogP contribution in [0.3, 0.4) is 0 Å². The van der Waals surface area contributed by atoms with Gasteiger partial charge in [0.1, 0.15) is 5.75 Å². The van der Waals surface area contributed by atoms with Crippen molar-refractivity contribution in [1.82, 2.24) is 5.43 Å². The molecule has 9 heteroatoms. The third kappa shape index (κ3) is 5.34. The highest BCUT2D eigenvalue weighted by atomic mass is 35.5. The number of amides is 1. The molecular formula is C20H16ClN3O4S. The number of carbonyl (C=O) groups is 1. The van der Waals surface area contributed by atoms with Crippen LogP contribution in [-0.4, -0.2) is 25.6 Å². The van der Waals surface area contributed by atoms with E-state index in [1.165, 1.54) is 60.8 Å². The summed E-state index contributed by atoms with van der Waals surface area (Å²) in [6, 6.07) is 18.3. The maximum absolute atomic E-state index is 12.3. The van der Waals surface area contributed by atoms with Gasteiger partial charge in [-0.2, -0.15) is 5.10 Å². The summed E-state index contributed by atoms with van der Waals surface area (Å²) >= 11 is 5.85. The average molecular weight is 430 g/mol. The number of hydrogen-bond acceptors (Lipinski definition) is 5. The second-order valence-electron chi connectivity index (χ2n) is 5.90. The van der Waals surface area contributed by atoms with Crippen LogP contribution in [0.1, 0.15) is 15.9 Å². The molecule has 0 aliphatic rings. The van der Waals surface area contributed by atoms with Crippen LogP contribution in [0.5, 0.6) is 5.75 Å². The highest BCUT2D eigenvalue weighted by Gasteiger charge is 2.13. The predicted octanol–water partition coefficient (Wildman–Crippen LogP) is 3.61. The predicted molar refractivity (Wildman–Crippen MR) is 112 cm³/mol. The molecule has 148 valence electrons. The third-order valence-corrected chi connectivity index (χ3v) is 5.44. The first-order valence-corrected chi connectivity index (χ1v) is 10.2. The lowest BCUT2D eigenvalue weighted by Gasteiger charge is -2.08. The summed E-state index contributed by atoms with van der Waals surface area (Å²) in [4.78, 5) is 12.3. The van der Waals surface area contributed by atoms with Crippen molar-refractivity contribution in [3.05, 3.63) is 88.9 Å². The zero-order chi connectivity index (χ0) is 20.9. The number of benzene rings is 3. The van der Waals surface area contributed by atoms with Crippen molar-refractivity contribution >= 4 is 39.4 Å². The van der Waals surface area contributed by atoms with Gasteiger partial charge in [0.15, 0.2) is 0 Å². The Labute approximate surface area is 172 Å². The van der Waals surface area contributed by atoms with E-state index in [0.717, 1.165) is 0 Å². The van der Waals surface area contributed by atoms with E-state index in [1.807, 2.05) is 0 Å². The second kappa shape index (κ2) is 8.76. The Morgan fingerprint density at radius 3 is 2.38 bits per heavy atom. The monoisotopic (exact) mass is 429 g/mol. The highest BCUT2D eigenvalue weighted by molar-refractivity contribution is 7.92. The minimum absolute atomic E-state index is 0.0255. The first-order chi connectivity index (χ1) is 13.8. The molecule has 0 aliphatic carbocycles. The van der Waals surface area contributed by atoms with Gasteiger partial charge < -0.3 is 5.11 Å². The SMILES string of the molecule is O=C(N/N=C/c1cc(Cl)ccc1O)c1ccc(NS(=O)(=O)c2ccccc2)cc1. The number of phenolic OH excluding ortho intramolecular Hbond substituents is 1. The first kappa shape index (κ1) is 20.4. The van der Waals surface area contributed by atoms with Gasteiger partial charge in [0, 0.05) is 21.8 Å². The van der Waals surface area contributed by atoms with Crippen LogP contribution < -0.4 is 10.1 Å². The van der Waals surface area contributed by atoms with E-state index >= 15 is 0 Å². The van der Waals surface area contributed by atoms with Gasteiger partial charge in [-0.15, -0.1) is 0 Å². The summed E-state index contributed by atoms with van der Waals surface area (Å²) in [5, 5.41) is 13.9. The highest BCUT2D eigenvalue weighted by Crippen LogP contribution is 2.19. The van der Waals surface area contributed by atoms with E-state index in [9.17, 15) is 18.3 Å². The quantitative estimate of drug-likeness (QED) is 0.411. The Morgan fingerprint density at radius 1 is 1.00 bits per heavy atom. The van der Waals surface area contributed by atoms with Crippen molar-refractivity contribution in [3.63, 3.8) is 0 Å². The Morgan fingerprint density at radius 2 is 1.69 bits per heavy atom. The number of halogens is 1. The van der Waals surface area contributed by atoms with Crippen LogP contribution >= 0.6 is 11.6 Å². The zero-order valence-corrected chi connectivity index (χ0v) is 16.5. The third-order valence-electron chi connectivity index (χ3n) is 3.81. The van der Waals surface area contributed by atoms with Crippen molar-refractivity contribution in [2.75, 3.05) is 4.72 Å². The molecule has 0 aromatic heterocycles. The van der Waals surface area contributed by atoms with E-state index in [-0.39, 0.29) is 16.2 Å². The van der Waals surface area contributed by atoms with Crippen molar-refractivity contribution in [3.8, 4) is 5.75 Å². The summed E-state index contributed by atoms with van der Waals surface area (Å²) in [6.07, 6.45) is 1.27. The van der Waals surface area contributed by atoms with Gasteiger partial charge in [0.05, 0.1) is 11.1 Å². The topological polar surface area (TPSA) is 108 Å². The molecule has 0 saturated carbocycles. The van der Waals surface area contributed by atoms with Crippen molar-refractivity contribution in [2.45, 2.75) is 4.90 Å². The molecule has 0 fully saturated rings. The molecule has 3 N–H and O–H groups in total. The number of aromatic hydroxyl groups is 1. The molecule has 0 unspecified atom stereocenters. The van der Waals surface area contributed by atoms with E-state index in [2.05, 4.69) is 15.2 Å². The number of hydrazone groups is 1. The lowest BCUT2D eigenvalue weighted by molar-refractivity contribution is 0.0955. The second-order valence-corrected chi connectivity index (χ2v) is 8.02. The maximum Gasteiger partial charge on any atom is 0.271 e. The fourth-order valence-electron chi connectivity index (χ4n) is 2.36. The summed E-state index contributed by atoms with van der Waals surface area (Å²) < 4.78 is 27.1. The number of rotatable bonds is 6. The van der Waals surface area contributed by atoms with E-state index in [1.54, 1.807) is 18.2 Å². The smallest absolute Gasteiger partial charge is 0.271 e. The number of nitrogens with one attached hydrogen (secondary N) is 2. The lowest BCUT2D eigenvalue weighted by atomic mass is 10.2. The standard InChI is InChI=1S/C20H16ClN3O4S/c21-16-8-11-19(25)15(12-16)13-22-23-20(26)14-6-9-17(10-7-14)24-29(27,28)18-4-2-1-3-5-18/h1-13,24-25H,(H,23,26)/b22-13+. The molecule has 3 aromatic rings. The molecule has 0 radical (unpaired) electrons. The number of nitrogens with zero attached hydrogens (tertiary/aromatic N) is 1. The lowest BCUT2D eigenvalue weighted by Crippen LogP contribution is -2.18. The number of carbonyl (C=O) groups excluding carboxylic acids is 1. The Balaban J connectivity index is 1.64. The van der Waals surface area contributed by atoms with Crippen LogP contribution in [0.4, 0.5) is 5.69 Å². The van der Waals surface area contributed by atoms with Gasteiger partial charge in [-0.3, -0.25) is 9.52 Å². The van der Waals surface area contributed by atoms with Crippen LogP contribution in [-0.2, 0) is 10.0 Å². The van der Waals surface area contributed by atoms with E-state index in [0.29, 0.717) is 16.3 Å². The van der Waals surface area contributed by atoms with Crippen molar-refractivity contribution in [2.24, 2.45) is 5.10 Å². The van der Waals surface area contributed by atoms with E-state index < -0.39 is 15.9 Å².